The number of nitrogens with one attached hydrogen (secondary N) is 2. The molecule has 0 aliphatic heterocycles. The molecule has 0 saturated carbocycles. The molecule has 8 heteroatoms. The highest BCUT2D eigenvalue weighted by Gasteiger charge is 2.18. The van der Waals surface area contributed by atoms with Crippen molar-refractivity contribution >= 4 is 17.5 Å². The predicted octanol–water partition coefficient (Wildman–Crippen LogP) is 0.682. The van der Waals surface area contributed by atoms with Crippen LogP contribution in [0.4, 0.5) is 18.9 Å². The largest absolute Gasteiger partial charge is 0.335 e. The van der Waals surface area contributed by atoms with E-state index in [9.17, 15) is 22.8 Å². The summed E-state index contributed by atoms with van der Waals surface area (Å²) in [7, 11) is 0. The summed E-state index contributed by atoms with van der Waals surface area (Å²) < 4.78 is 38.8. The van der Waals surface area contributed by atoms with Crippen molar-refractivity contribution in [1.29, 1.82) is 5.26 Å². The topological polar surface area (TPSA) is 82.0 Å². The molecule has 5 nitrogen and oxygen atoms in total. The zero-order chi connectivity index (χ0) is 13.7. The molecule has 0 aliphatic carbocycles. The minimum Gasteiger partial charge on any atom is -0.335 e. The van der Waals surface area contributed by atoms with Crippen molar-refractivity contribution in [3.05, 3.63) is 29.6 Å². The smallest absolute Gasteiger partial charge is 0.313 e. The number of carbonyl (C=O) groups is 2. The second-order valence-electron chi connectivity index (χ2n) is 3.04. The van der Waals surface area contributed by atoms with Gasteiger partial charge in [0.1, 0.15) is 18.0 Å². The molecular weight excluding hydrogens is 251 g/mol. The lowest BCUT2D eigenvalue weighted by Crippen LogP contribution is -2.35. The maximum atomic E-state index is 13.1. The highest BCUT2D eigenvalue weighted by molar-refractivity contribution is 6.39. The first kappa shape index (κ1) is 13.5. The molecule has 0 spiro atoms. The van der Waals surface area contributed by atoms with Crippen molar-refractivity contribution in [2.75, 3.05) is 11.9 Å². The molecule has 0 aromatic heterocycles. The van der Waals surface area contributed by atoms with E-state index in [1.807, 2.05) is 5.32 Å². The number of anilines is 1. The summed E-state index contributed by atoms with van der Waals surface area (Å²) in [6.07, 6.45) is 0. The number of rotatable bonds is 2. The summed E-state index contributed by atoms with van der Waals surface area (Å²) >= 11 is 0. The van der Waals surface area contributed by atoms with Gasteiger partial charge in [-0.1, -0.05) is 0 Å². The Bertz CT molecular complexity index is 517. The number of hydrogen-bond donors (Lipinski definition) is 2. The standard InChI is InChI=1S/C10H6F3N3O2/c11-5-3-6(12)8(7(13)4-5)16-10(18)9(17)15-2-1-14/h3-4H,2H2,(H,15,17)(H,16,18). The number of amides is 2. The van der Waals surface area contributed by atoms with Crippen molar-refractivity contribution in [3.63, 3.8) is 0 Å². The molecule has 0 unspecified atom stereocenters. The van der Waals surface area contributed by atoms with Crippen molar-refractivity contribution in [3.8, 4) is 6.07 Å². The van der Waals surface area contributed by atoms with Crippen molar-refractivity contribution < 1.29 is 22.8 Å². The molecule has 0 heterocycles. The molecule has 0 fully saturated rings. The SMILES string of the molecule is N#CCNC(=O)C(=O)Nc1c(F)cc(F)cc1F. The maximum absolute atomic E-state index is 13.1. The van der Waals surface area contributed by atoms with E-state index in [0.29, 0.717) is 12.1 Å². The monoisotopic (exact) mass is 257 g/mol. The zero-order valence-corrected chi connectivity index (χ0v) is 8.76. The van der Waals surface area contributed by atoms with Gasteiger partial charge in [0.25, 0.3) is 0 Å². The van der Waals surface area contributed by atoms with E-state index in [-0.39, 0.29) is 0 Å². The lowest BCUT2D eigenvalue weighted by molar-refractivity contribution is -0.136. The Morgan fingerprint density at radius 2 is 1.72 bits per heavy atom. The third kappa shape index (κ3) is 3.21. The van der Waals surface area contributed by atoms with E-state index in [1.165, 1.54) is 6.07 Å². The Morgan fingerprint density at radius 1 is 1.17 bits per heavy atom. The highest BCUT2D eigenvalue weighted by Crippen LogP contribution is 2.19. The molecule has 0 radical (unpaired) electrons. The van der Waals surface area contributed by atoms with Crippen molar-refractivity contribution in [2.45, 2.75) is 0 Å². The average molecular weight is 257 g/mol. The molecule has 2 amide bonds. The number of nitrogens with zero attached hydrogens (tertiary/aromatic N) is 1. The summed E-state index contributed by atoms with van der Waals surface area (Å²) in [6.45, 7) is -0.430. The van der Waals surface area contributed by atoms with Crippen LogP contribution in [0.15, 0.2) is 12.1 Å². The molecule has 1 rings (SSSR count). The van der Waals surface area contributed by atoms with Crippen LogP contribution in [0, 0.1) is 28.8 Å². The molecule has 1 aromatic rings. The minimum absolute atomic E-state index is 0.353. The second kappa shape index (κ2) is 5.67. The minimum atomic E-state index is -1.37. The predicted molar refractivity (Wildman–Crippen MR) is 53.6 cm³/mol. The Kier molecular flexibility index (Phi) is 4.26. The molecule has 2 N–H and O–H groups in total. The van der Waals surface area contributed by atoms with E-state index in [4.69, 9.17) is 5.26 Å². The molecule has 1 aromatic carbocycles. The van der Waals surface area contributed by atoms with Crippen molar-refractivity contribution in [2.24, 2.45) is 0 Å². The van der Waals surface area contributed by atoms with Crippen LogP contribution in [-0.4, -0.2) is 18.4 Å². The summed E-state index contributed by atoms with van der Waals surface area (Å²) in [5.74, 6) is -6.46. The van der Waals surface area contributed by atoms with E-state index in [1.54, 1.807) is 5.32 Å². The molecule has 0 atom stereocenters. The van der Waals surface area contributed by atoms with Crippen LogP contribution < -0.4 is 10.6 Å². The fraction of sp³-hybridized carbons (Fsp3) is 0.100. The number of carbonyl (C=O) groups excluding carboxylic acids is 2. The van der Waals surface area contributed by atoms with Gasteiger partial charge in [-0.3, -0.25) is 9.59 Å². The van der Waals surface area contributed by atoms with E-state index in [2.05, 4.69) is 0 Å². The van der Waals surface area contributed by atoms with Gasteiger partial charge in [0.15, 0.2) is 11.6 Å². The first-order valence-electron chi connectivity index (χ1n) is 4.56. The van der Waals surface area contributed by atoms with Gasteiger partial charge in [0.2, 0.25) is 0 Å². The molecule has 94 valence electrons. The molecule has 0 bridgehead atoms. The Hall–Kier alpha value is -2.56. The fourth-order valence-electron chi connectivity index (χ4n) is 1.03. The molecule has 0 aliphatic rings. The van der Waals surface area contributed by atoms with Gasteiger partial charge >= 0.3 is 11.8 Å². The number of benzene rings is 1. The molecule has 0 saturated heterocycles. The number of halogens is 3. The summed E-state index contributed by atoms with van der Waals surface area (Å²) in [5, 5.41) is 11.7. The maximum Gasteiger partial charge on any atom is 0.313 e. The Balaban J connectivity index is 2.83. The van der Waals surface area contributed by atoms with Gasteiger partial charge in [-0.25, -0.2) is 13.2 Å². The highest BCUT2D eigenvalue weighted by atomic mass is 19.1. The van der Waals surface area contributed by atoms with Crippen LogP contribution >= 0.6 is 0 Å². The fourth-order valence-corrected chi connectivity index (χ4v) is 1.03. The van der Waals surface area contributed by atoms with Gasteiger partial charge in [-0.2, -0.15) is 5.26 Å². The van der Waals surface area contributed by atoms with E-state index < -0.39 is 41.5 Å². The number of nitriles is 1. The third-order valence-electron chi connectivity index (χ3n) is 1.78. The lowest BCUT2D eigenvalue weighted by Gasteiger charge is -2.07. The van der Waals surface area contributed by atoms with Gasteiger partial charge < -0.3 is 10.6 Å². The van der Waals surface area contributed by atoms with Gasteiger partial charge in [0.05, 0.1) is 6.07 Å². The Labute approximate surface area is 99.2 Å². The van der Waals surface area contributed by atoms with Crippen LogP contribution in [0.5, 0.6) is 0 Å². The molecule has 18 heavy (non-hydrogen) atoms. The summed E-state index contributed by atoms with van der Waals surface area (Å²) in [5.41, 5.74) is -0.937. The zero-order valence-electron chi connectivity index (χ0n) is 8.76. The van der Waals surface area contributed by atoms with E-state index >= 15 is 0 Å². The lowest BCUT2D eigenvalue weighted by atomic mass is 10.2. The van der Waals surface area contributed by atoms with Gasteiger partial charge in [-0.05, 0) is 0 Å². The van der Waals surface area contributed by atoms with E-state index in [0.717, 1.165) is 0 Å². The average Bonchev–Trinajstić information content (AvgIpc) is 2.30. The third-order valence-corrected chi connectivity index (χ3v) is 1.78. The normalized spacial score (nSPS) is 9.44. The first-order chi connectivity index (χ1) is 8.45. The summed E-state index contributed by atoms with van der Waals surface area (Å²) in [6, 6.07) is 2.24. The number of hydrogen-bond acceptors (Lipinski definition) is 3. The summed E-state index contributed by atoms with van der Waals surface area (Å²) in [4.78, 5) is 22.2. The molecular formula is C10H6F3N3O2. The van der Waals surface area contributed by atoms with Crippen molar-refractivity contribution in [1.82, 2.24) is 5.32 Å². The van der Waals surface area contributed by atoms with Crippen LogP contribution in [0.2, 0.25) is 0 Å². The Morgan fingerprint density at radius 3 is 2.22 bits per heavy atom. The second-order valence-corrected chi connectivity index (χ2v) is 3.04. The van der Waals surface area contributed by atoms with Gasteiger partial charge in [0, 0.05) is 12.1 Å². The van der Waals surface area contributed by atoms with Gasteiger partial charge in [-0.15, -0.1) is 0 Å². The van der Waals surface area contributed by atoms with Crippen LogP contribution in [-0.2, 0) is 9.59 Å². The van der Waals surface area contributed by atoms with Crippen LogP contribution in [0.3, 0.4) is 0 Å². The first-order valence-corrected chi connectivity index (χ1v) is 4.56. The van der Waals surface area contributed by atoms with Crippen LogP contribution in [0.1, 0.15) is 0 Å². The van der Waals surface area contributed by atoms with Crippen LogP contribution in [0.25, 0.3) is 0 Å². The quantitative estimate of drug-likeness (QED) is 0.603.